The van der Waals surface area contributed by atoms with Crippen LogP contribution >= 0.6 is 42.0 Å². The van der Waals surface area contributed by atoms with E-state index >= 15 is 0 Å². The first-order valence-corrected chi connectivity index (χ1v) is 9.11. The van der Waals surface area contributed by atoms with Crippen LogP contribution < -0.4 is 0 Å². The molecule has 1 atom stereocenters. The van der Waals surface area contributed by atoms with E-state index in [1.807, 2.05) is 6.26 Å². The van der Waals surface area contributed by atoms with Crippen LogP contribution in [0.15, 0.2) is 10.00 Å². The molecule has 7 heteroatoms. The third-order valence-electron chi connectivity index (χ3n) is 2.18. The molecule has 0 aliphatic carbocycles. The van der Waals surface area contributed by atoms with Crippen LogP contribution in [-0.2, 0) is 4.74 Å². The van der Waals surface area contributed by atoms with E-state index in [0.717, 1.165) is 22.3 Å². The van der Waals surface area contributed by atoms with Gasteiger partial charge in [0.1, 0.15) is 4.99 Å². The second-order valence-electron chi connectivity index (χ2n) is 3.05. The van der Waals surface area contributed by atoms with Crippen LogP contribution in [0.1, 0.15) is 0 Å². The molecule has 0 amide bonds. The van der Waals surface area contributed by atoms with Crippen molar-refractivity contribution in [2.75, 3.05) is 32.6 Å². The lowest BCUT2D eigenvalue weighted by Crippen LogP contribution is -2.40. The molecule has 2 rings (SSSR count). The number of nitrogens with zero attached hydrogens (tertiary/aromatic N) is 1. The van der Waals surface area contributed by atoms with Crippen LogP contribution in [0.2, 0.25) is 0 Å². The third kappa shape index (κ3) is 2.50. The Morgan fingerprint density at radius 3 is 2.73 bits per heavy atom. The highest BCUT2D eigenvalue weighted by molar-refractivity contribution is 8.95. The van der Waals surface area contributed by atoms with E-state index in [-0.39, 0.29) is 0 Å². The van der Waals surface area contributed by atoms with Crippen molar-refractivity contribution in [1.29, 1.82) is 0 Å². The highest BCUT2D eigenvalue weighted by atomic mass is 35.7. The molecule has 1 unspecified atom stereocenters. The SMILES string of the molecule is CSC1=C(O)C(N2CCOCC2)=S(Cl)S1. The van der Waals surface area contributed by atoms with E-state index in [0.29, 0.717) is 19.0 Å². The zero-order chi connectivity index (χ0) is 10.8. The van der Waals surface area contributed by atoms with Crippen molar-refractivity contribution in [3.8, 4) is 0 Å². The molecule has 0 saturated carbocycles. The summed E-state index contributed by atoms with van der Waals surface area (Å²) in [5.41, 5.74) is 0. The summed E-state index contributed by atoms with van der Waals surface area (Å²) >= 11 is 1.55. The second-order valence-corrected chi connectivity index (χ2v) is 8.51. The lowest BCUT2D eigenvalue weighted by molar-refractivity contribution is 0.0683. The summed E-state index contributed by atoms with van der Waals surface area (Å²) < 4.78 is 6.20. The van der Waals surface area contributed by atoms with Gasteiger partial charge in [0, 0.05) is 13.1 Å². The Bertz CT molecular complexity index is 326. The number of thioether (sulfide) groups is 1. The lowest BCUT2D eigenvalue weighted by Gasteiger charge is -2.27. The van der Waals surface area contributed by atoms with E-state index in [9.17, 15) is 5.11 Å². The van der Waals surface area contributed by atoms with E-state index in [1.54, 1.807) is 22.6 Å². The summed E-state index contributed by atoms with van der Waals surface area (Å²) in [6.07, 6.45) is 1.95. The smallest absolute Gasteiger partial charge is 0.162 e. The van der Waals surface area contributed by atoms with Crippen molar-refractivity contribution in [1.82, 2.24) is 4.90 Å². The van der Waals surface area contributed by atoms with Gasteiger partial charge in [0.25, 0.3) is 0 Å². The van der Waals surface area contributed by atoms with Crippen LogP contribution in [0.5, 0.6) is 0 Å². The van der Waals surface area contributed by atoms with Crippen LogP contribution in [0, 0.1) is 0 Å². The number of aliphatic hydroxyl groups excluding tert-OH is 1. The predicted octanol–water partition coefficient (Wildman–Crippen LogP) is 2.62. The number of halogens is 1. The Morgan fingerprint density at radius 2 is 2.20 bits per heavy atom. The Labute approximate surface area is 104 Å². The van der Waals surface area contributed by atoms with Gasteiger partial charge in [-0.25, -0.2) is 0 Å². The van der Waals surface area contributed by atoms with Crippen LogP contribution in [0.25, 0.3) is 0 Å². The van der Waals surface area contributed by atoms with Crippen molar-refractivity contribution in [2.45, 2.75) is 0 Å². The molecule has 0 aromatic rings. The van der Waals surface area contributed by atoms with Gasteiger partial charge in [0.05, 0.1) is 17.5 Å². The van der Waals surface area contributed by atoms with Crippen LogP contribution in [0.3, 0.4) is 0 Å². The molecule has 2 heterocycles. The summed E-state index contributed by atoms with van der Waals surface area (Å²) in [5.74, 6) is 0.368. The summed E-state index contributed by atoms with van der Waals surface area (Å²) in [7, 11) is 7.34. The molecule has 2 aliphatic rings. The first-order valence-electron chi connectivity index (χ1n) is 4.50. The highest BCUT2D eigenvalue weighted by Crippen LogP contribution is 2.53. The number of rotatable bonds is 1. The average molecular weight is 286 g/mol. The highest BCUT2D eigenvalue weighted by Gasteiger charge is 2.29. The molecule has 0 spiro atoms. The Kier molecular flexibility index (Phi) is 4.32. The molecule has 15 heavy (non-hydrogen) atoms. The van der Waals surface area contributed by atoms with Crippen molar-refractivity contribution < 1.29 is 9.84 Å². The van der Waals surface area contributed by atoms with Gasteiger partial charge in [0.2, 0.25) is 0 Å². The van der Waals surface area contributed by atoms with Gasteiger partial charge in [-0.05, 0) is 36.5 Å². The van der Waals surface area contributed by atoms with E-state index < -0.39 is 8.73 Å². The van der Waals surface area contributed by atoms with Crippen molar-refractivity contribution in [3.05, 3.63) is 10.00 Å². The van der Waals surface area contributed by atoms with Gasteiger partial charge in [-0.3, -0.25) is 4.90 Å². The summed E-state index contributed by atoms with van der Waals surface area (Å²) in [4.78, 5) is 3.01. The fourth-order valence-corrected chi connectivity index (χ4v) is 7.24. The number of aliphatic hydroxyl groups is 1. The topological polar surface area (TPSA) is 32.7 Å². The van der Waals surface area contributed by atoms with Crippen LogP contribution in [0.4, 0.5) is 0 Å². The van der Waals surface area contributed by atoms with E-state index in [4.69, 9.17) is 15.4 Å². The first-order chi connectivity index (χ1) is 7.24. The van der Waals surface area contributed by atoms with Gasteiger partial charge in [0.15, 0.2) is 5.76 Å². The first kappa shape index (κ1) is 12.1. The van der Waals surface area contributed by atoms with Crippen molar-refractivity contribution >= 4 is 47.0 Å². The fraction of sp³-hybridized carbons (Fsp3) is 0.625. The standard InChI is InChI=1S/C8H12ClNO2S3/c1-13-8-6(11)7(15(9)14-8)10-2-4-12-5-3-10/h11H,2-5H2,1H3. The quantitative estimate of drug-likeness (QED) is 0.591. The summed E-state index contributed by atoms with van der Waals surface area (Å²) in [6, 6.07) is 0. The Hall–Kier alpha value is 0.670. The minimum absolute atomic E-state index is 0.368. The molecule has 0 radical (unpaired) electrons. The number of morpholine rings is 1. The minimum Gasteiger partial charge on any atom is -0.504 e. The molecule has 0 aromatic heterocycles. The number of hydrogen-bond acceptors (Lipinski definition) is 5. The molecule has 1 saturated heterocycles. The van der Waals surface area contributed by atoms with Crippen LogP contribution in [-0.4, -0.2) is 47.6 Å². The van der Waals surface area contributed by atoms with Gasteiger partial charge in [-0.15, -0.1) is 11.8 Å². The predicted molar refractivity (Wildman–Crippen MR) is 71.6 cm³/mol. The Balaban J connectivity index is 2.19. The number of ether oxygens (including phenoxy) is 1. The maximum atomic E-state index is 10.0. The monoisotopic (exact) mass is 285 g/mol. The van der Waals surface area contributed by atoms with Gasteiger partial charge < -0.3 is 9.84 Å². The van der Waals surface area contributed by atoms with Crippen molar-refractivity contribution in [2.24, 2.45) is 0 Å². The molecule has 86 valence electrons. The fourth-order valence-electron chi connectivity index (χ4n) is 1.46. The minimum atomic E-state index is -0.437. The zero-order valence-electron chi connectivity index (χ0n) is 8.23. The molecule has 1 fully saturated rings. The second kappa shape index (κ2) is 5.33. The maximum absolute atomic E-state index is 10.0. The zero-order valence-corrected chi connectivity index (χ0v) is 11.4. The van der Waals surface area contributed by atoms with E-state index in [1.165, 1.54) is 0 Å². The summed E-state index contributed by atoms with van der Waals surface area (Å²) in [6.45, 7) is 3.06. The average Bonchev–Trinajstić information content (AvgIpc) is 2.55. The van der Waals surface area contributed by atoms with Crippen molar-refractivity contribution in [3.63, 3.8) is 0 Å². The normalized spacial score (nSPS) is 28.9. The third-order valence-corrected chi connectivity index (χ3v) is 7.48. The molecule has 2 aliphatic heterocycles. The Morgan fingerprint density at radius 1 is 1.53 bits per heavy atom. The van der Waals surface area contributed by atoms with Gasteiger partial charge >= 0.3 is 0 Å². The van der Waals surface area contributed by atoms with Gasteiger partial charge in [-0.2, -0.15) is 0 Å². The molecular formula is C8H12ClNO2S3. The van der Waals surface area contributed by atoms with E-state index in [2.05, 4.69) is 4.90 Å². The lowest BCUT2D eigenvalue weighted by atomic mass is 10.4. The molecule has 0 bridgehead atoms. The molecular weight excluding hydrogens is 274 g/mol. The van der Waals surface area contributed by atoms with Gasteiger partial charge in [-0.1, -0.05) is 0 Å². The molecule has 0 aromatic carbocycles. The summed E-state index contributed by atoms with van der Waals surface area (Å²) in [5, 5.41) is 10.0. The molecule has 3 nitrogen and oxygen atoms in total. The largest absolute Gasteiger partial charge is 0.504 e. The maximum Gasteiger partial charge on any atom is 0.162 e. The molecule has 1 N–H and O–H groups in total. The number of hydrogen-bond donors (Lipinski definition) is 1.